The van der Waals surface area contributed by atoms with Crippen molar-refractivity contribution in [1.82, 2.24) is 14.8 Å². The monoisotopic (exact) mass is 509 g/mol. The fourth-order valence-electron chi connectivity index (χ4n) is 5.86. The molecule has 37 heavy (non-hydrogen) atoms. The van der Waals surface area contributed by atoms with Crippen molar-refractivity contribution in [2.24, 2.45) is 5.92 Å². The van der Waals surface area contributed by atoms with E-state index in [1.807, 2.05) is 15.5 Å². The second-order valence-electron chi connectivity index (χ2n) is 10.00. The Hall–Kier alpha value is -3.89. The molecule has 11 heteroatoms. The number of nitro benzene ring substituents is 1. The molecule has 3 aliphatic heterocycles. The molecule has 0 radical (unpaired) electrons. The van der Waals surface area contributed by atoms with Crippen molar-refractivity contribution in [1.29, 1.82) is 0 Å². The Kier molecular flexibility index (Phi) is 6.86. The quantitative estimate of drug-likeness (QED) is 0.485. The Bertz CT molecular complexity index is 1270. The standard InChI is InChI=1S/C26H31N5O6/c1-2-37-26(34)28-10-8-20(9-11-28)27-25(33)18-6-7-22(23(13-18)31(35)36)29-14-17-12-19(16-29)21-4-3-5-24(32)30(21)15-17/h3-7,13,17,19-20H,2,8-12,14-16H2,1H3,(H,27,33)/t17-,19+/m1/s1. The number of likely N-dealkylation sites (tertiary alicyclic amines) is 1. The molecule has 2 amide bonds. The molecule has 3 aliphatic rings. The highest BCUT2D eigenvalue weighted by molar-refractivity contribution is 5.96. The van der Waals surface area contributed by atoms with Crippen LogP contribution >= 0.6 is 0 Å². The number of nitrogens with zero attached hydrogens (tertiary/aromatic N) is 4. The third-order valence-corrected chi connectivity index (χ3v) is 7.61. The van der Waals surface area contributed by atoms with E-state index in [-0.39, 0.29) is 46.7 Å². The molecule has 11 nitrogen and oxygen atoms in total. The van der Waals surface area contributed by atoms with Gasteiger partial charge in [-0.05, 0) is 50.3 Å². The summed E-state index contributed by atoms with van der Waals surface area (Å²) < 4.78 is 6.86. The maximum absolute atomic E-state index is 12.9. The Balaban J connectivity index is 1.29. The summed E-state index contributed by atoms with van der Waals surface area (Å²) in [5.41, 5.74) is 1.59. The van der Waals surface area contributed by atoms with Gasteiger partial charge in [0.05, 0.1) is 11.5 Å². The molecule has 0 unspecified atom stereocenters. The lowest BCUT2D eigenvalue weighted by molar-refractivity contribution is -0.384. The van der Waals surface area contributed by atoms with Crippen molar-refractivity contribution in [2.75, 3.05) is 37.7 Å². The predicted molar refractivity (Wildman–Crippen MR) is 136 cm³/mol. The smallest absolute Gasteiger partial charge is 0.409 e. The van der Waals surface area contributed by atoms with Crippen LogP contribution in [0.25, 0.3) is 0 Å². The van der Waals surface area contributed by atoms with E-state index >= 15 is 0 Å². The number of ether oxygens (including phenoxy) is 1. The number of carbonyl (C=O) groups is 2. The highest BCUT2D eigenvalue weighted by atomic mass is 16.6. The summed E-state index contributed by atoms with van der Waals surface area (Å²) in [6.45, 7) is 4.83. The van der Waals surface area contributed by atoms with Crippen molar-refractivity contribution in [3.8, 4) is 0 Å². The Labute approximate surface area is 214 Å². The lowest BCUT2D eigenvalue weighted by atomic mass is 9.83. The maximum atomic E-state index is 12.9. The molecule has 2 fully saturated rings. The van der Waals surface area contributed by atoms with Crippen molar-refractivity contribution >= 4 is 23.4 Å². The van der Waals surface area contributed by atoms with Gasteiger partial charge in [-0.3, -0.25) is 19.7 Å². The van der Waals surface area contributed by atoms with Crippen LogP contribution in [-0.4, -0.2) is 65.2 Å². The van der Waals surface area contributed by atoms with E-state index in [2.05, 4.69) is 5.32 Å². The molecule has 0 aliphatic carbocycles. The summed E-state index contributed by atoms with van der Waals surface area (Å²) in [6.07, 6.45) is 1.77. The highest BCUT2D eigenvalue weighted by Crippen LogP contribution is 2.39. The normalized spacial score (nSPS) is 21.2. The third-order valence-electron chi connectivity index (χ3n) is 7.61. The first-order valence-electron chi connectivity index (χ1n) is 12.8. The first-order valence-corrected chi connectivity index (χ1v) is 12.8. The number of carbonyl (C=O) groups excluding carboxylic acids is 2. The minimum Gasteiger partial charge on any atom is -0.450 e. The number of benzene rings is 1. The number of amides is 2. The number of aromatic nitrogens is 1. The molecule has 2 aromatic rings. The van der Waals surface area contributed by atoms with Crippen LogP contribution in [-0.2, 0) is 11.3 Å². The minimum atomic E-state index is -0.438. The summed E-state index contributed by atoms with van der Waals surface area (Å²) in [4.78, 5) is 52.4. The van der Waals surface area contributed by atoms with E-state index in [4.69, 9.17) is 4.74 Å². The summed E-state index contributed by atoms with van der Waals surface area (Å²) >= 11 is 0. The Morgan fingerprint density at radius 2 is 1.92 bits per heavy atom. The van der Waals surface area contributed by atoms with Gasteiger partial charge >= 0.3 is 6.09 Å². The molecule has 196 valence electrons. The third kappa shape index (κ3) is 5.03. The molecular weight excluding hydrogens is 478 g/mol. The molecule has 0 saturated carbocycles. The van der Waals surface area contributed by atoms with Crippen molar-refractivity contribution < 1.29 is 19.2 Å². The van der Waals surface area contributed by atoms with Crippen LogP contribution in [0.1, 0.15) is 48.2 Å². The van der Waals surface area contributed by atoms with Gasteiger partial charge < -0.3 is 24.4 Å². The summed E-state index contributed by atoms with van der Waals surface area (Å²) in [7, 11) is 0. The number of piperidine rings is 2. The van der Waals surface area contributed by atoms with Crippen LogP contribution in [0.15, 0.2) is 41.2 Å². The fourth-order valence-corrected chi connectivity index (χ4v) is 5.86. The van der Waals surface area contributed by atoms with Gasteiger partial charge in [-0.25, -0.2) is 4.79 Å². The van der Waals surface area contributed by atoms with Crippen molar-refractivity contribution in [3.05, 3.63) is 68.1 Å². The zero-order chi connectivity index (χ0) is 26.1. The number of anilines is 1. The minimum absolute atomic E-state index is 0.00596. The van der Waals surface area contributed by atoms with Crippen molar-refractivity contribution in [3.63, 3.8) is 0 Å². The molecule has 2 saturated heterocycles. The van der Waals surface area contributed by atoms with E-state index in [0.717, 1.165) is 12.1 Å². The summed E-state index contributed by atoms with van der Waals surface area (Å²) in [5, 5.41) is 15.0. The molecule has 5 rings (SSSR count). The average Bonchev–Trinajstić information content (AvgIpc) is 2.89. The van der Waals surface area contributed by atoms with E-state index in [9.17, 15) is 24.5 Å². The fraction of sp³-hybridized carbons (Fsp3) is 0.500. The second-order valence-corrected chi connectivity index (χ2v) is 10.00. The topological polar surface area (TPSA) is 127 Å². The number of hydrogen-bond acceptors (Lipinski definition) is 7. The SMILES string of the molecule is CCOC(=O)N1CCC(NC(=O)c2ccc(N3C[C@H]4C[C@@H](C3)c3cccc(=O)n3C4)c([N+](=O)[O-])c2)CC1. The average molecular weight is 510 g/mol. The summed E-state index contributed by atoms with van der Waals surface area (Å²) in [5.74, 6) is -0.0353. The van der Waals surface area contributed by atoms with E-state index < -0.39 is 4.92 Å². The largest absolute Gasteiger partial charge is 0.450 e. The molecular formula is C26H31N5O6. The van der Waals surface area contributed by atoms with Crippen LogP contribution in [0.5, 0.6) is 0 Å². The second kappa shape index (κ2) is 10.2. The van der Waals surface area contributed by atoms with Crippen LogP contribution in [0.3, 0.4) is 0 Å². The van der Waals surface area contributed by atoms with Crippen molar-refractivity contribution in [2.45, 2.75) is 44.7 Å². The van der Waals surface area contributed by atoms with Crippen LogP contribution in [0, 0.1) is 16.0 Å². The zero-order valence-corrected chi connectivity index (χ0v) is 20.8. The molecule has 0 spiro atoms. The van der Waals surface area contributed by atoms with Gasteiger partial charge in [0, 0.05) is 68.1 Å². The predicted octanol–water partition coefficient (Wildman–Crippen LogP) is 2.73. The molecule has 1 aromatic carbocycles. The summed E-state index contributed by atoms with van der Waals surface area (Å²) in [6, 6.07) is 9.82. The van der Waals surface area contributed by atoms with Gasteiger partial charge in [-0.2, -0.15) is 0 Å². The molecule has 2 atom stereocenters. The van der Waals surface area contributed by atoms with Gasteiger partial charge in [0.25, 0.3) is 17.2 Å². The van der Waals surface area contributed by atoms with Crippen LogP contribution in [0.4, 0.5) is 16.2 Å². The number of fused-ring (bicyclic) bond motifs is 4. The van der Waals surface area contributed by atoms with Gasteiger partial charge in [0.1, 0.15) is 5.69 Å². The number of hydrogen-bond donors (Lipinski definition) is 1. The molecule has 1 aromatic heterocycles. The number of rotatable bonds is 5. The number of nitrogens with one attached hydrogen (secondary N) is 1. The highest BCUT2D eigenvalue weighted by Gasteiger charge is 2.36. The van der Waals surface area contributed by atoms with Gasteiger partial charge in [-0.1, -0.05) is 6.07 Å². The van der Waals surface area contributed by atoms with E-state index in [0.29, 0.717) is 57.9 Å². The number of pyridine rings is 1. The van der Waals surface area contributed by atoms with Gasteiger partial charge in [0.2, 0.25) is 0 Å². The van der Waals surface area contributed by atoms with Crippen LogP contribution < -0.4 is 15.8 Å². The van der Waals surface area contributed by atoms with E-state index in [1.54, 1.807) is 36.1 Å². The zero-order valence-electron chi connectivity index (χ0n) is 20.8. The lowest BCUT2D eigenvalue weighted by Crippen LogP contribution is -2.47. The van der Waals surface area contributed by atoms with Crippen LogP contribution in [0.2, 0.25) is 0 Å². The first kappa shape index (κ1) is 24.8. The lowest BCUT2D eigenvalue weighted by Gasteiger charge is -2.43. The van der Waals surface area contributed by atoms with E-state index in [1.165, 1.54) is 6.07 Å². The molecule has 2 bridgehead atoms. The first-order chi connectivity index (χ1) is 17.8. The van der Waals surface area contributed by atoms with Gasteiger partial charge in [0.15, 0.2) is 0 Å². The van der Waals surface area contributed by atoms with Gasteiger partial charge in [-0.15, -0.1) is 0 Å². The Morgan fingerprint density at radius 3 is 2.65 bits per heavy atom. The maximum Gasteiger partial charge on any atom is 0.409 e. The Morgan fingerprint density at radius 1 is 1.14 bits per heavy atom. The molecule has 4 heterocycles. The number of nitro groups is 1. The molecule has 1 N–H and O–H groups in total.